The minimum Gasteiger partial charge on any atom is -0.496 e. The minimum atomic E-state index is 0.598. The molecule has 6 heteroatoms. The van der Waals surface area contributed by atoms with Crippen molar-refractivity contribution in [3.63, 3.8) is 0 Å². The first-order valence-electron chi connectivity index (χ1n) is 9.03. The number of ether oxygens (including phenoxy) is 1. The van der Waals surface area contributed by atoms with Crippen LogP contribution in [0.4, 0.5) is 0 Å². The number of rotatable bonds is 7. The SMILES string of the molecule is CCNC(=NCc1ccc(-n2cccn2)cc1)NCc1ccccc1OC. The van der Waals surface area contributed by atoms with Crippen molar-refractivity contribution in [3.8, 4) is 11.4 Å². The lowest BCUT2D eigenvalue weighted by Crippen LogP contribution is -2.36. The highest BCUT2D eigenvalue weighted by atomic mass is 16.5. The van der Waals surface area contributed by atoms with Crippen molar-refractivity contribution in [2.24, 2.45) is 4.99 Å². The largest absolute Gasteiger partial charge is 0.496 e. The molecule has 0 atom stereocenters. The number of hydrogen-bond acceptors (Lipinski definition) is 3. The maximum atomic E-state index is 5.40. The first kappa shape index (κ1) is 18.5. The van der Waals surface area contributed by atoms with Crippen LogP contribution in [0.15, 0.2) is 72.0 Å². The van der Waals surface area contributed by atoms with E-state index in [9.17, 15) is 0 Å². The zero-order valence-electron chi connectivity index (χ0n) is 15.7. The quantitative estimate of drug-likeness (QED) is 0.500. The van der Waals surface area contributed by atoms with Crippen LogP contribution in [0.5, 0.6) is 5.75 Å². The van der Waals surface area contributed by atoms with Crippen molar-refractivity contribution in [1.29, 1.82) is 0 Å². The topological polar surface area (TPSA) is 63.5 Å². The Balaban J connectivity index is 1.63. The second-order valence-electron chi connectivity index (χ2n) is 5.98. The van der Waals surface area contributed by atoms with E-state index in [4.69, 9.17) is 4.74 Å². The summed E-state index contributed by atoms with van der Waals surface area (Å²) in [7, 11) is 1.69. The monoisotopic (exact) mass is 363 g/mol. The van der Waals surface area contributed by atoms with Gasteiger partial charge in [0.15, 0.2) is 5.96 Å². The Hall–Kier alpha value is -3.28. The normalized spacial score (nSPS) is 11.3. The minimum absolute atomic E-state index is 0.598. The number of aromatic nitrogens is 2. The molecule has 1 aromatic heterocycles. The second kappa shape index (κ2) is 9.43. The molecule has 0 saturated heterocycles. The summed E-state index contributed by atoms with van der Waals surface area (Å²) >= 11 is 0. The molecule has 0 aliphatic rings. The molecule has 2 N–H and O–H groups in total. The molecule has 0 radical (unpaired) electrons. The first-order chi connectivity index (χ1) is 13.3. The highest BCUT2D eigenvalue weighted by Crippen LogP contribution is 2.16. The Morgan fingerprint density at radius 2 is 1.89 bits per heavy atom. The summed E-state index contributed by atoms with van der Waals surface area (Å²) in [6.45, 7) is 4.10. The predicted molar refractivity (Wildman–Crippen MR) is 108 cm³/mol. The summed E-state index contributed by atoms with van der Waals surface area (Å²) in [6.07, 6.45) is 3.70. The highest BCUT2D eigenvalue weighted by molar-refractivity contribution is 5.79. The van der Waals surface area contributed by atoms with Crippen LogP contribution in [-0.2, 0) is 13.1 Å². The molecule has 140 valence electrons. The van der Waals surface area contributed by atoms with Gasteiger partial charge in [0.2, 0.25) is 0 Å². The number of nitrogens with one attached hydrogen (secondary N) is 2. The van der Waals surface area contributed by atoms with Crippen molar-refractivity contribution >= 4 is 5.96 Å². The van der Waals surface area contributed by atoms with E-state index >= 15 is 0 Å². The van der Waals surface area contributed by atoms with E-state index in [1.54, 1.807) is 13.3 Å². The molecule has 0 fully saturated rings. The average molecular weight is 363 g/mol. The molecule has 0 unspecified atom stereocenters. The lowest BCUT2D eigenvalue weighted by atomic mass is 10.2. The van der Waals surface area contributed by atoms with Gasteiger partial charge in [0.05, 0.1) is 19.3 Å². The van der Waals surface area contributed by atoms with Crippen molar-refractivity contribution in [3.05, 3.63) is 78.1 Å². The molecule has 0 amide bonds. The Labute approximate surface area is 159 Å². The van der Waals surface area contributed by atoms with Gasteiger partial charge in [-0.1, -0.05) is 30.3 Å². The summed E-state index contributed by atoms with van der Waals surface area (Å²) < 4.78 is 7.24. The lowest BCUT2D eigenvalue weighted by molar-refractivity contribution is 0.409. The molecule has 2 aromatic carbocycles. The predicted octanol–water partition coefficient (Wildman–Crippen LogP) is 3.14. The van der Waals surface area contributed by atoms with Gasteiger partial charge in [-0.3, -0.25) is 0 Å². The zero-order chi connectivity index (χ0) is 18.9. The Bertz CT molecular complexity index is 857. The van der Waals surface area contributed by atoms with Gasteiger partial charge in [-0.15, -0.1) is 0 Å². The van der Waals surface area contributed by atoms with Crippen LogP contribution < -0.4 is 15.4 Å². The lowest BCUT2D eigenvalue weighted by Gasteiger charge is -2.13. The number of benzene rings is 2. The van der Waals surface area contributed by atoms with Gasteiger partial charge >= 0.3 is 0 Å². The van der Waals surface area contributed by atoms with Gasteiger partial charge in [0.1, 0.15) is 5.75 Å². The van der Waals surface area contributed by atoms with Gasteiger partial charge in [0, 0.05) is 31.0 Å². The van der Waals surface area contributed by atoms with Crippen LogP contribution in [0, 0.1) is 0 Å². The van der Waals surface area contributed by atoms with Gasteiger partial charge in [-0.2, -0.15) is 5.10 Å². The molecule has 27 heavy (non-hydrogen) atoms. The van der Waals surface area contributed by atoms with Gasteiger partial charge in [-0.25, -0.2) is 9.67 Å². The summed E-state index contributed by atoms with van der Waals surface area (Å²) in [4.78, 5) is 4.68. The van der Waals surface area contributed by atoms with Crippen LogP contribution in [0.25, 0.3) is 5.69 Å². The molecule has 0 aliphatic carbocycles. The summed E-state index contributed by atoms with van der Waals surface area (Å²) in [5.41, 5.74) is 3.27. The Morgan fingerprint density at radius 3 is 2.59 bits per heavy atom. The Morgan fingerprint density at radius 1 is 1.07 bits per heavy atom. The van der Waals surface area contributed by atoms with Crippen molar-refractivity contribution in [2.75, 3.05) is 13.7 Å². The Kier molecular flexibility index (Phi) is 6.46. The molecule has 0 spiro atoms. The van der Waals surface area contributed by atoms with Crippen LogP contribution >= 0.6 is 0 Å². The molecule has 0 saturated carbocycles. The third-order valence-corrected chi connectivity index (χ3v) is 4.11. The van der Waals surface area contributed by atoms with Crippen molar-refractivity contribution in [1.82, 2.24) is 20.4 Å². The van der Waals surface area contributed by atoms with Crippen LogP contribution in [-0.4, -0.2) is 29.4 Å². The molecule has 3 aromatic rings. The molecule has 0 bridgehead atoms. The van der Waals surface area contributed by atoms with E-state index in [1.165, 1.54) is 0 Å². The maximum absolute atomic E-state index is 5.40. The number of para-hydroxylation sites is 1. The van der Waals surface area contributed by atoms with E-state index in [0.29, 0.717) is 13.1 Å². The molecule has 0 aliphatic heterocycles. The molecular formula is C21H25N5O. The van der Waals surface area contributed by atoms with Crippen LogP contribution in [0.1, 0.15) is 18.1 Å². The number of guanidine groups is 1. The summed E-state index contributed by atoms with van der Waals surface area (Å²) in [5.74, 6) is 1.65. The molecule has 3 rings (SSSR count). The second-order valence-corrected chi connectivity index (χ2v) is 5.98. The number of aliphatic imine (C=N–C) groups is 1. The van der Waals surface area contributed by atoms with E-state index in [1.807, 2.05) is 53.3 Å². The van der Waals surface area contributed by atoms with E-state index in [0.717, 1.165) is 35.1 Å². The van der Waals surface area contributed by atoms with Crippen LogP contribution in [0.3, 0.4) is 0 Å². The van der Waals surface area contributed by atoms with Gasteiger partial charge in [-0.05, 0) is 36.8 Å². The van der Waals surface area contributed by atoms with Crippen LogP contribution in [0.2, 0.25) is 0 Å². The fourth-order valence-corrected chi connectivity index (χ4v) is 2.72. The van der Waals surface area contributed by atoms with Crippen molar-refractivity contribution < 1.29 is 4.74 Å². The summed E-state index contributed by atoms with van der Waals surface area (Å²) in [6, 6.07) is 18.1. The maximum Gasteiger partial charge on any atom is 0.191 e. The van der Waals surface area contributed by atoms with Crippen molar-refractivity contribution in [2.45, 2.75) is 20.0 Å². The number of hydrogen-bond donors (Lipinski definition) is 2. The van der Waals surface area contributed by atoms with E-state index in [-0.39, 0.29) is 0 Å². The van der Waals surface area contributed by atoms with E-state index < -0.39 is 0 Å². The third kappa shape index (κ3) is 5.10. The average Bonchev–Trinajstić information content (AvgIpc) is 3.25. The zero-order valence-corrected chi connectivity index (χ0v) is 15.7. The first-order valence-corrected chi connectivity index (χ1v) is 9.03. The van der Waals surface area contributed by atoms with Gasteiger partial charge < -0.3 is 15.4 Å². The standard InChI is InChI=1S/C21H25N5O/c1-3-22-21(24-16-18-7-4-5-8-20(18)27-2)23-15-17-9-11-19(12-10-17)26-14-6-13-25-26/h4-14H,3,15-16H2,1-2H3,(H2,22,23,24). The van der Waals surface area contributed by atoms with E-state index in [2.05, 4.69) is 39.8 Å². The molecule has 1 heterocycles. The fourth-order valence-electron chi connectivity index (χ4n) is 2.72. The highest BCUT2D eigenvalue weighted by Gasteiger charge is 2.03. The smallest absolute Gasteiger partial charge is 0.191 e. The number of methoxy groups -OCH3 is 1. The third-order valence-electron chi connectivity index (χ3n) is 4.11. The summed E-state index contributed by atoms with van der Waals surface area (Å²) in [5, 5.41) is 10.9. The molecular weight excluding hydrogens is 338 g/mol. The fraction of sp³-hybridized carbons (Fsp3) is 0.238. The molecule has 6 nitrogen and oxygen atoms in total. The number of nitrogens with zero attached hydrogens (tertiary/aromatic N) is 3. The van der Waals surface area contributed by atoms with Gasteiger partial charge in [0.25, 0.3) is 0 Å².